The standard InChI is InChI=1S/C17H24N2O7/c1-10-7-11(2)13(8-12(10)19(22)23)25-14(15(20)24-6)9-18-16(21)26-17(3,4)5/h7-8,14H,9H2,1-6H3,(H,18,21). The molecular formula is C17H24N2O7. The number of ether oxygens (including phenoxy) is 3. The summed E-state index contributed by atoms with van der Waals surface area (Å²) in [5.74, 6) is -0.577. The third-order valence-electron chi connectivity index (χ3n) is 3.25. The number of carbonyl (C=O) groups is 2. The van der Waals surface area contributed by atoms with E-state index in [-0.39, 0.29) is 18.0 Å². The van der Waals surface area contributed by atoms with Gasteiger partial charge in [-0.1, -0.05) is 0 Å². The molecule has 0 fully saturated rings. The molecule has 0 saturated carbocycles. The van der Waals surface area contributed by atoms with Crippen molar-refractivity contribution in [3.63, 3.8) is 0 Å². The highest BCUT2D eigenvalue weighted by molar-refractivity contribution is 5.76. The number of methoxy groups -OCH3 is 1. The Morgan fingerprint density at radius 2 is 1.85 bits per heavy atom. The number of hydrogen-bond donors (Lipinski definition) is 1. The Labute approximate surface area is 151 Å². The molecule has 0 spiro atoms. The van der Waals surface area contributed by atoms with Crippen LogP contribution in [0.3, 0.4) is 0 Å². The van der Waals surface area contributed by atoms with Crippen molar-refractivity contribution in [2.45, 2.75) is 46.3 Å². The molecule has 0 radical (unpaired) electrons. The molecule has 144 valence electrons. The van der Waals surface area contributed by atoms with Gasteiger partial charge in [0.15, 0.2) is 0 Å². The van der Waals surface area contributed by atoms with Crippen LogP contribution in [0.15, 0.2) is 12.1 Å². The first-order valence-corrected chi connectivity index (χ1v) is 7.91. The number of rotatable bonds is 6. The van der Waals surface area contributed by atoms with Gasteiger partial charge in [0.05, 0.1) is 24.6 Å². The lowest BCUT2D eigenvalue weighted by Crippen LogP contribution is -2.43. The number of nitro groups is 1. The molecule has 9 heteroatoms. The first kappa shape index (κ1) is 21.2. The van der Waals surface area contributed by atoms with E-state index in [1.165, 1.54) is 13.2 Å². The minimum Gasteiger partial charge on any atom is -0.476 e. The molecule has 1 rings (SSSR count). The number of nitrogens with one attached hydrogen (secondary N) is 1. The van der Waals surface area contributed by atoms with Gasteiger partial charge >= 0.3 is 12.1 Å². The number of esters is 1. The topological polar surface area (TPSA) is 117 Å². The minimum atomic E-state index is -1.19. The van der Waals surface area contributed by atoms with E-state index < -0.39 is 28.7 Å². The van der Waals surface area contributed by atoms with Gasteiger partial charge in [-0.2, -0.15) is 0 Å². The van der Waals surface area contributed by atoms with Crippen molar-refractivity contribution in [3.05, 3.63) is 33.4 Å². The zero-order chi connectivity index (χ0) is 20.1. The van der Waals surface area contributed by atoms with Gasteiger partial charge in [-0.15, -0.1) is 0 Å². The van der Waals surface area contributed by atoms with Crippen molar-refractivity contribution < 1.29 is 28.7 Å². The molecule has 0 bridgehead atoms. The van der Waals surface area contributed by atoms with Crippen LogP contribution in [-0.4, -0.2) is 42.3 Å². The van der Waals surface area contributed by atoms with E-state index in [0.29, 0.717) is 11.1 Å². The molecule has 1 aromatic rings. The van der Waals surface area contributed by atoms with Gasteiger partial charge in [-0.3, -0.25) is 10.1 Å². The van der Waals surface area contributed by atoms with Crippen LogP contribution >= 0.6 is 0 Å². The Morgan fingerprint density at radius 1 is 1.23 bits per heavy atom. The Hall–Kier alpha value is -2.84. The van der Waals surface area contributed by atoms with Crippen LogP contribution in [0.25, 0.3) is 0 Å². The molecule has 0 aliphatic rings. The molecule has 1 unspecified atom stereocenters. The summed E-state index contributed by atoms with van der Waals surface area (Å²) in [6.45, 7) is 8.20. The number of benzene rings is 1. The zero-order valence-corrected chi connectivity index (χ0v) is 15.7. The molecule has 1 amide bonds. The zero-order valence-electron chi connectivity index (χ0n) is 15.7. The first-order chi connectivity index (χ1) is 11.9. The number of aryl methyl sites for hydroxylation is 2. The predicted octanol–water partition coefficient (Wildman–Crippen LogP) is 2.66. The Balaban J connectivity index is 2.95. The summed E-state index contributed by atoms with van der Waals surface area (Å²) in [7, 11) is 1.18. The minimum absolute atomic E-state index is 0.130. The van der Waals surface area contributed by atoms with Gasteiger partial charge in [0.1, 0.15) is 11.4 Å². The van der Waals surface area contributed by atoms with Crippen LogP contribution < -0.4 is 10.1 Å². The third kappa shape index (κ3) is 6.23. The SMILES string of the molecule is COC(=O)C(CNC(=O)OC(C)(C)C)Oc1cc([N+](=O)[O-])c(C)cc1C. The van der Waals surface area contributed by atoms with E-state index in [2.05, 4.69) is 10.1 Å². The summed E-state index contributed by atoms with van der Waals surface area (Å²) >= 11 is 0. The fraction of sp³-hybridized carbons (Fsp3) is 0.529. The number of carbonyl (C=O) groups excluding carboxylic acids is 2. The monoisotopic (exact) mass is 368 g/mol. The number of alkyl carbamates (subject to hydrolysis) is 1. The van der Waals surface area contributed by atoms with Crippen molar-refractivity contribution >= 4 is 17.7 Å². The van der Waals surface area contributed by atoms with Gasteiger partial charge in [-0.25, -0.2) is 9.59 Å². The van der Waals surface area contributed by atoms with Crippen molar-refractivity contribution in [1.29, 1.82) is 0 Å². The maximum atomic E-state index is 11.9. The van der Waals surface area contributed by atoms with Crippen LogP contribution in [0.2, 0.25) is 0 Å². The normalized spacial score (nSPS) is 12.1. The van der Waals surface area contributed by atoms with Gasteiger partial charge in [-0.05, 0) is 46.2 Å². The lowest BCUT2D eigenvalue weighted by atomic mass is 10.1. The van der Waals surface area contributed by atoms with Gasteiger partial charge in [0.2, 0.25) is 6.10 Å². The van der Waals surface area contributed by atoms with E-state index in [1.54, 1.807) is 40.7 Å². The van der Waals surface area contributed by atoms with Gasteiger partial charge < -0.3 is 19.5 Å². The van der Waals surface area contributed by atoms with E-state index in [0.717, 1.165) is 0 Å². The summed E-state index contributed by atoms with van der Waals surface area (Å²) < 4.78 is 15.3. The predicted molar refractivity (Wildman–Crippen MR) is 93.2 cm³/mol. The summed E-state index contributed by atoms with van der Waals surface area (Å²) in [5, 5.41) is 13.5. The molecule has 1 aromatic carbocycles. The van der Waals surface area contributed by atoms with Crippen LogP contribution in [0.1, 0.15) is 31.9 Å². The van der Waals surface area contributed by atoms with Crippen LogP contribution in [-0.2, 0) is 14.3 Å². The van der Waals surface area contributed by atoms with E-state index in [1.807, 2.05) is 0 Å². The van der Waals surface area contributed by atoms with E-state index in [9.17, 15) is 19.7 Å². The highest BCUT2D eigenvalue weighted by atomic mass is 16.6. The molecular weight excluding hydrogens is 344 g/mol. The quantitative estimate of drug-likeness (QED) is 0.466. The van der Waals surface area contributed by atoms with Crippen LogP contribution in [0.4, 0.5) is 10.5 Å². The average Bonchev–Trinajstić information content (AvgIpc) is 2.50. The molecule has 0 heterocycles. The Kier molecular flexibility index (Phi) is 6.93. The smallest absolute Gasteiger partial charge is 0.407 e. The summed E-state index contributed by atoms with van der Waals surface area (Å²) in [4.78, 5) is 34.2. The summed E-state index contributed by atoms with van der Waals surface area (Å²) in [6, 6.07) is 2.83. The summed E-state index contributed by atoms with van der Waals surface area (Å²) in [5.41, 5.74) is 0.259. The second-order valence-electron chi connectivity index (χ2n) is 6.67. The first-order valence-electron chi connectivity index (χ1n) is 7.91. The summed E-state index contributed by atoms with van der Waals surface area (Å²) in [6.07, 6.45) is -1.91. The van der Waals surface area contributed by atoms with Crippen molar-refractivity contribution in [3.8, 4) is 5.75 Å². The van der Waals surface area contributed by atoms with Gasteiger partial charge in [0.25, 0.3) is 5.69 Å². The third-order valence-corrected chi connectivity index (χ3v) is 3.25. The molecule has 0 aliphatic carbocycles. The second kappa shape index (κ2) is 8.50. The molecule has 1 N–H and O–H groups in total. The number of nitro benzene ring substituents is 1. The van der Waals surface area contributed by atoms with Crippen molar-refractivity contribution in [1.82, 2.24) is 5.32 Å². The fourth-order valence-corrected chi connectivity index (χ4v) is 2.09. The van der Waals surface area contributed by atoms with Gasteiger partial charge in [0, 0.05) is 5.56 Å². The van der Waals surface area contributed by atoms with E-state index >= 15 is 0 Å². The molecule has 9 nitrogen and oxygen atoms in total. The lowest BCUT2D eigenvalue weighted by molar-refractivity contribution is -0.385. The van der Waals surface area contributed by atoms with Crippen molar-refractivity contribution in [2.24, 2.45) is 0 Å². The number of amides is 1. The maximum Gasteiger partial charge on any atom is 0.407 e. The molecule has 0 aliphatic heterocycles. The highest BCUT2D eigenvalue weighted by Crippen LogP contribution is 2.28. The second-order valence-corrected chi connectivity index (χ2v) is 6.67. The van der Waals surface area contributed by atoms with Crippen LogP contribution in [0, 0.1) is 24.0 Å². The molecule has 0 saturated heterocycles. The maximum absolute atomic E-state index is 11.9. The van der Waals surface area contributed by atoms with Crippen molar-refractivity contribution in [2.75, 3.05) is 13.7 Å². The molecule has 26 heavy (non-hydrogen) atoms. The molecule has 1 atom stereocenters. The number of nitrogens with zero attached hydrogens (tertiary/aromatic N) is 1. The van der Waals surface area contributed by atoms with E-state index in [4.69, 9.17) is 9.47 Å². The van der Waals surface area contributed by atoms with Crippen LogP contribution in [0.5, 0.6) is 5.75 Å². The Morgan fingerprint density at radius 3 is 2.35 bits per heavy atom. The number of hydrogen-bond acceptors (Lipinski definition) is 7. The average molecular weight is 368 g/mol. The Bertz CT molecular complexity index is 695. The highest BCUT2D eigenvalue weighted by Gasteiger charge is 2.26. The largest absolute Gasteiger partial charge is 0.476 e. The lowest BCUT2D eigenvalue weighted by Gasteiger charge is -2.22. The fourth-order valence-electron chi connectivity index (χ4n) is 2.09. The molecule has 0 aromatic heterocycles.